The van der Waals surface area contributed by atoms with Gasteiger partial charge in [0.05, 0.1) is 18.7 Å². The number of piperidine rings is 1. The third kappa shape index (κ3) is 6.47. The Morgan fingerprint density at radius 3 is 2.94 bits per heavy atom. The van der Waals surface area contributed by atoms with Gasteiger partial charge in [0.1, 0.15) is 10.1 Å². The number of hydrogen-bond acceptors (Lipinski definition) is 8. The van der Waals surface area contributed by atoms with Crippen molar-refractivity contribution in [1.29, 1.82) is 0 Å². The summed E-state index contributed by atoms with van der Waals surface area (Å²) >= 11 is 3.40. The second-order valence-electron chi connectivity index (χ2n) is 8.73. The van der Waals surface area contributed by atoms with Crippen LogP contribution in [0.4, 0.5) is 0 Å². The molecule has 1 aliphatic rings. The number of pyridine rings is 1. The monoisotopic (exact) mass is 501 g/mol. The van der Waals surface area contributed by atoms with E-state index in [0.29, 0.717) is 6.42 Å². The third-order valence-corrected chi connectivity index (χ3v) is 8.55. The molecule has 0 amide bonds. The lowest BCUT2D eigenvalue weighted by molar-refractivity contribution is -0.139. The molecule has 34 heavy (non-hydrogen) atoms. The molecule has 0 saturated carbocycles. The van der Waals surface area contributed by atoms with E-state index in [1.54, 1.807) is 36.4 Å². The first-order valence-electron chi connectivity index (χ1n) is 11.6. The van der Waals surface area contributed by atoms with Gasteiger partial charge in [0.15, 0.2) is 0 Å². The maximum Gasteiger partial charge on any atom is 0.303 e. The third-order valence-electron chi connectivity index (χ3n) is 6.61. The summed E-state index contributed by atoms with van der Waals surface area (Å²) in [5.41, 5.74) is 1.67. The van der Waals surface area contributed by atoms with Gasteiger partial charge in [-0.25, -0.2) is 4.98 Å². The van der Waals surface area contributed by atoms with Crippen molar-refractivity contribution in [3.8, 4) is 5.75 Å². The number of hydrogen-bond donors (Lipinski definition) is 2. The van der Waals surface area contributed by atoms with E-state index in [1.165, 1.54) is 0 Å². The van der Waals surface area contributed by atoms with E-state index in [4.69, 9.17) is 4.74 Å². The Morgan fingerprint density at radius 1 is 1.29 bits per heavy atom. The summed E-state index contributed by atoms with van der Waals surface area (Å²) in [7, 11) is 1.63. The summed E-state index contributed by atoms with van der Waals surface area (Å²) < 4.78 is 6.42. The van der Waals surface area contributed by atoms with Gasteiger partial charge >= 0.3 is 5.97 Å². The van der Waals surface area contributed by atoms with E-state index >= 15 is 0 Å². The van der Waals surface area contributed by atoms with E-state index < -0.39 is 12.1 Å². The van der Waals surface area contributed by atoms with Crippen LogP contribution in [0, 0.1) is 11.8 Å². The van der Waals surface area contributed by atoms with Gasteiger partial charge in [-0.3, -0.25) is 9.78 Å². The fraction of sp³-hybridized carbons (Fsp3) is 0.480. The number of carboxylic acid groups (broad SMARTS) is 1. The second-order valence-corrected chi connectivity index (χ2v) is 11.0. The summed E-state index contributed by atoms with van der Waals surface area (Å²) in [5, 5.41) is 23.4. The molecule has 1 aromatic carbocycles. The zero-order valence-electron chi connectivity index (χ0n) is 19.3. The number of aliphatic hydroxyl groups is 1. The largest absolute Gasteiger partial charge is 0.497 e. The average Bonchev–Trinajstić information content (AvgIpc) is 3.36. The number of ether oxygens (including phenoxy) is 1. The van der Waals surface area contributed by atoms with Crippen molar-refractivity contribution < 1.29 is 19.7 Å². The van der Waals surface area contributed by atoms with Crippen LogP contribution in [-0.4, -0.2) is 63.5 Å². The standard InChI is InChI=1S/C25H31N3O4S2/c1-32-19-3-4-22-21(15-19)20(6-8-26-22)23(29)5-2-17-7-10-28(16-18(17)14-24(30)31)11-13-34-25-27-9-12-33-25/h3-4,6,8-9,12,15,17-18,23,29H,2,5,7,10-11,13-14,16H2,1H3,(H,30,31)/t17-,18+,23-/m1/s1. The van der Waals surface area contributed by atoms with Crippen LogP contribution in [0.1, 0.15) is 37.4 Å². The van der Waals surface area contributed by atoms with Gasteiger partial charge in [-0.1, -0.05) is 11.8 Å². The van der Waals surface area contributed by atoms with Crippen LogP contribution in [0.25, 0.3) is 10.9 Å². The van der Waals surface area contributed by atoms with Crippen LogP contribution in [0.3, 0.4) is 0 Å². The SMILES string of the molecule is COc1ccc2nccc([C@H](O)CC[C@@H]3CCN(CCSc4nccs4)C[C@@H]3CC(=O)O)c2c1. The highest BCUT2D eigenvalue weighted by Crippen LogP contribution is 2.35. The fourth-order valence-corrected chi connectivity index (χ4v) is 6.54. The van der Waals surface area contributed by atoms with Gasteiger partial charge in [0, 0.05) is 48.4 Å². The zero-order valence-corrected chi connectivity index (χ0v) is 20.9. The van der Waals surface area contributed by atoms with E-state index in [2.05, 4.69) is 14.9 Å². The van der Waals surface area contributed by atoms with E-state index in [-0.39, 0.29) is 18.3 Å². The molecule has 2 N–H and O–H groups in total. The van der Waals surface area contributed by atoms with Gasteiger partial charge in [-0.15, -0.1) is 11.3 Å². The number of fused-ring (bicyclic) bond motifs is 1. The highest BCUT2D eigenvalue weighted by Gasteiger charge is 2.31. The second kappa shape index (κ2) is 12.0. The molecular weight excluding hydrogens is 470 g/mol. The molecular formula is C25H31N3O4S2. The molecule has 1 aliphatic heterocycles. The highest BCUT2D eigenvalue weighted by atomic mass is 32.2. The molecule has 182 valence electrons. The van der Waals surface area contributed by atoms with Crippen molar-refractivity contribution in [2.24, 2.45) is 11.8 Å². The number of nitrogens with zero attached hydrogens (tertiary/aromatic N) is 3. The van der Waals surface area contributed by atoms with Gasteiger partial charge in [0.25, 0.3) is 0 Å². The summed E-state index contributed by atoms with van der Waals surface area (Å²) in [6.07, 6.45) is 5.44. The maximum atomic E-state index is 11.6. The smallest absolute Gasteiger partial charge is 0.303 e. The highest BCUT2D eigenvalue weighted by molar-refractivity contribution is 8.01. The molecule has 0 spiro atoms. The first kappa shape index (κ1) is 24.9. The van der Waals surface area contributed by atoms with Crippen molar-refractivity contribution in [3.05, 3.63) is 47.6 Å². The van der Waals surface area contributed by atoms with Gasteiger partial charge in [-0.2, -0.15) is 0 Å². The minimum Gasteiger partial charge on any atom is -0.497 e. The number of aromatic nitrogens is 2. The Hall–Kier alpha value is -2.20. The van der Waals surface area contributed by atoms with Crippen LogP contribution in [-0.2, 0) is 4.79 Å². The maximum absolute atomic E-state index is 11.6. The average molecular weight is 502 g/mol. The first-order chi connectivity index (χ1) is 16.5. The molecule has 3 aromatic rings. The molecule has 7 nitrogen and oxygen atoms in total. The zero-order chi connectivity index (χ0) is 23.9. The van der Waals surface area contributed by atoms with Crippen LogP contribution in [0.2, 0.25) is 0 Å². The van der Waals surface area contributed by atoms with Gasteiger partial charge in [-0.05, 0) is 67.5 Å². The number of thioether (sulfide) groups is 1. The minimum atomic E-state index is -0.748. The molecule has 1 fully saturated rings. The molecule has 0 unspecified atom stereocenters. The number of rotatable bonds is 11. The van der Waals surface area contributed by atoms with Crippen LogP contribution in [0.15, 0.2) is 46.4 Å². The molecule has 0 aliphatic carbocycles. The first-order valence-corrected chi connectivity index (χ1v) is 13.5. The normalized spacial score (nSPS) is 19.8. The number of aliphatic carboxylic acids is 1. The molecule has 0 radical (unpaired) electrons. The Kier molecular flexibility index (Phi) is 8.77. The lowest BCUT2D eigenvalue weighted by atomic mass is 9.79. The van der Waals surface area contributed by atoms with Crippen molar-refractivity contribution in [3.63, 3.8) is 0 Å². The summed E-state index contributed by atoms with van der Waals surface area (Å²) in [5.74, 6) is 1.32. The van der Waals surface area contributed by atoms with Crippen LogP contribution >= 0.6 is 23.1 Å². The number of carbonyl (C=O) groups is 1. The molecule has 2 aromatic heterocycles. The Labute approximate surface area is 208 Å². The summed E-state index contributed by atoms with van der Waals surface area (Å²) in [6.45, 7) is 2.69. The molecule has 4 rings (SSSR count). The number of thiazole rings is 1. The van der Waals surface area contributed by atoms with Crippen molar-refractivity contribution in [1.82, 2.24) is 14.9 Å². The molecule has 3 heterocycles. The van der Waals surface area contributed by atoms with Gasteiger partial charge in [0.2, 0.25) is 0 Å². The Morgan fingerprint density at radius 2 is 2.18 bits per heavy atom. The number of aliphatic hydroxyl groups excluding tert-OH is 1. The molecule has 1 saturated heterocycles. The number of carboxylic acids is 1. The summed E-state index contributed by atoms with van der Waals surface area (Å²) in [4.78, 5) is 22.6. The molecule has 9 heteroatoms. The topological polar surface area (TPSA) is 95.8 Å². The summed E-state index contributed by atoms with van der Waals surface area (Å²) in [6, 6.07) is 7.54. The predicted molar refractivity (Wildman–Crippen MR) is 136 cm³/mol. The van der Waals surface area contributed by atoms with E-state index in [9.17, 15) is 15.0 Å². The number of methoxy groups -OCH3 is 1. The van der Waals surface area contributed by atoms with E-state index in [1.807, 2.05) is 35.8 Å². The lowest BCUT2D eigenvalue weighted by Crippen LogP contribution is -2.42. The van der Waals surface area contributed by atoms with Crippen molar-refractivity contribution in [2.45, 2.75) is 36.1 Å². The molecule has 3 atom stereocenters. The van der Waals surface area contributed by atoms with Crippen LogP contribution in [0.5, 0.6) is 5.75 Å². The number of likely N-dealkylation sites (tertiary alicyclic amines) is 1. The Bertz CT molecular complexity index is 1080. The molecule has 0 bridgehead atoms. The van der Waals surface area contributed by atoms with Crippen molar-refractivity contribution in [2.75, 3.05) is 32.5 Å². The van der Waals surface area contributed by atoms with E-state index in [0.717, 1.165) is 64.8 Å². The predicted octanol–water partition coefficient (Wildman–Crippen LogP) is 4.72. The van der Waals surface area contributed by atoms with Crippen LogP contribution < -0.4 is 4.74 Å². The Balaban J connectivity index is 1.35. The minimum absolute atomic E-state index is 0.0950. The van der Waals surface area contributed by atoms with Crippen molar-refractivity contribution >= 4 is 40.0 Å². The van der Waals surface area contributed by atoms with Gasteiger partial charge < -0.3 is 19.8 Å². The lowest BCUT2D eigenvalue weighted by Gasteiger charge is -2.38. The fourth-order valence-electron chi connectivity index (χ4n) is 4.83. The quantitative estimate of drug-likeness (QED) is 0.365. The number of benzene rings is 1.